The third-order valence-electron chi connectivity index (χ3n) is 4.03. The van der Waals surface area contributed by atoms with Crippen molar-refractivity contribution in [3.8, 4) is 5.75 Å². The van der Waals surface area contributed by atoms with Gasteiger partial charge in [-0.3, -0.25) is 4.79 Å². The van der Waals surface area contributed by atoms with Gasteiger partial charge >= 0.3 is 5.97 Å². The van der Waals surface area contributed by atoms with Crippen molar-refractivity contribution in [2.45, 2.75) is 6.92 Å². The standard InChI is InChI=1S/C19H13Br2ClN2O4/c1-9-13(6-10-5-11(20)7-15(21)17(10)28-2)18(25)24(23-9)12-3-4-16(22)14(8-12)19(26)27/h3-8H,1-2H3,(H,26,27)/b13-6-. The summed E-state index contributed by atoms with van der Waals surface area (Å²) in [5.74, 6) is -0.984. The van der Waals surface area contributed by atoms with Crippen molar-refractivity contribution in [3.05, 3.63) is 61.0 Å². The van der Waals surface area contributed by atoms with E-state index in [9.17, 15) is 14.7 Å². The van der Waals surface area contributed by atoms with Gasteiger partial charge in [0, 0.05) is 10.0 Å². The topological polar surface area (TPSA) is 79.2 Å². The Hall–Kier alpha value is -2.16. The zero-order valence-electron chi connectivity index (χ0n) is 14.7. The number of anilines is 1. The number of aromatic carboxylic acids is 1. The van der Waals surface area contributed by atoms with Crippen LogP contribution in [0.25, 0.3) is 6.08 Å². The zero-order valence-corrected chi connectivity index (χ0v) is 18.6. The summed E-state index contributed by atoms with van der Waals surface area (Å²) in [7, 11) is 1.54. The van der Waals surface area contributed by atoms with Crippen LogP contribution in [-0.2, 0) is 4.79 Å². The zero-order chi connectivity index (χ0) is 20.6. The molecule has 9 heteroatoms. The fraction of sp³-hybridized carbons (Fsp3) is 0.105. The summed E-state index contributed by atoms with van der Waals surface area (Å²) in [6, 6.07) is 7.95. The maximum Gasteiger partial charge on any atom is 0.337 e. The van der Waals surface area contributed by atoms with Crippen LogP contribution in [0.3, 0.4) is 0 Å². The van der Waals surface area contributed by atoms with Crippen molar-refractivity contribution in [2.75, 3.05) is 12.1 Å². The number of hydrazone groups is 1. The molecule has 0 aliphatic carbocycles. The smallest absolute Gasteiger partial charge is 0.337 e. The summed E-state index contributed by atoms with van der Waals surface area (Å²) >= 11 is 12.8. The highest BCUT2D eigenvalue weighted by Crippen LogP contribution is 2.35. The number of halogens is 3. The summed E-state index contributed by atoms with van der Waals surface area (Å²) in [5, 5.41) is 14.8. The molecule has 0 aromatic heterocycles. The number of amides is 1. The van der Waals surface area contributed by atoms with Crippen molar-refractivity contribution < 1.29 is 19.4 Å². The predicted octanol–water partition coefficient (Wildman–Crippen LogP) is 5.38. The minimum atomic E-state index is -1.18. The van der Waals surface area contributed by atoms with Crippen LogP contribution in [0.1, 0.15) is 22.8 Å². The number of rotatable bonds is 4. The van der Waals surface area contributed by atoms with Crippen molar-refractivity contribution in [1.82, 2.24) is 0 Å². The number of methoxy groups -OCH3 is 1. The molecule has 0 atom stereocenters. The second-order valence-electron chi connectivity index (χ2n) is 5.84. The fourth-order valence-corrected chi connectivity index (χ4v) is 4.35. The number of benzene rings is 2. The highest BCUT2D eigenvalue weighted by molar-refractivity contribution is 9.11. The summed E-state index contributed by atoms with van der Waals surface area (Å²) in [4.78, 5) is 24.3. The molecule has 144 valence electrons. The highest BCUT2D eigenvalue weighted by Gasteiger charge is 2.30. The number of hydrogen-bond donors (Lipinski definition) is 1. The largest absolute Gasteiger partial charge is 0.495 e. The van der Waals surface area contributed by atoms with Crippen LogP contribution in [0.5, 0.6) is 5.75 Å². The van der Waals surface area contributed by atoms with Crippen molar-refractivity contribution in [1.29, 1.82) is 0 Å². The molecule has 1 heterocycles. The van der Waals surface area contributed by atoms with Gasteiger partial charge in [-0.1, -0.05) is 27.5 Å². The molecule has 1 N–H and O–H groups in total. The fourth-order valence-electron chi connectivity index (χ4n) is 2.73. The number of carbonyl (C=O) groups is 2. The third-order valence-corrected chi connectivity index (χ3v) is 5.41. The molecule has 0 bridgehead atoms. The molecular formula is C19H13Br2ClN2O4. The van der Waals surface area contributed by atoms with Crippen LogP contribution in [0.15, 0.2) is 50.0 Å². The molecular weight excluding hydrogens is 515 g/mol. The molecule has 28 heavy (non-hydrogen) atoms. The molecule has 3 rings (SSSR count). The Labute approximate surface area is 182 Å². The lowest BCUT2D eigenvalue weighted by Crippen LogP contribution is -2.21. The number of nitrogens with zero attached hydrogens (tertiary/aromatic N) is 2. The molecule has 0 radical (unpaired) electrons. The lowest BCUT2D eigenvalue weighted by molar-refractivity contribution is -0.114. The normalized spacial score (nSPS) is 15.2. The van der Waals surface area contributed by atoms with E-state index in [2.05, 4.69) is 37.0 Å². The van der Waals surface area contributed by atoms with Crippen LogP contribution >= 0.6 is 43.5 Å². The Morgan fingerprint density at radius 3 is 2.64 bits per heavy atom. The van der Waals surface area contributed by atoms with Crippen molar-refractivity contribution in [2.24, 2.45) is 5.10 Å². The maximum atomic E-state index is 13.0. The Morgan fingerprint density at radius 2 is 2.00 bits per heavy atom. The van der Waals surface area contributed by atoms with E-state index in [1.54, 1.807) is 26.2 Å². The first kappa shape index (κ1) is 20.6. The summed E-state index contributed by atoms with van der Waals surface area (Å²) < 4.78 is 6.97. The molecule has 1 aliphatic heterocycles. The Morgan fingerprint density at radius 1 is 1.29 bits per heavy atom. The monoisotopic (exact) mass is 526 g/mol. The van der Waals surface area contributed by atoms with Crippen molar-refractivity contribution >= 4 is 72.8 Å². The van der Waals surface area contributed by atoms with Gasteiger partial charge in [-0.25, -0.2) is 4.79 Å². The van der Waals surface area contributed by atoms with E-state index in [1.165, 1.54) is 12.1 Å². The molecule has 0 fully saturated rings. The first-order valence-electron chi connectivity index (χ1n) is 7.90. The van der Waals surface area contributed by atoms with E-state index in [0.29, 0.717) is 28.3 Å². The van der Waals surface area contributed by atoms with E-state index >= 15 is 0 Å². The SMILES string of the molecule is COc1c(Br)cc(Br)cc1/C=C1\C(=O)N(c2ccc(Cl)c(C(=O)O)c2)N=C1C. The molecule has 2 aromatic rings. The summed E-state index contributed by atoms with van der Waals surface area (Å²) in [6.45, 7) is 1.71. The molecule has 1 amide bonds. The first-order valence-corrected chi connectivity index (χ1v) is 9.87. The van der Waals surface area contributed by atoms with Gasteiger partial charge in [-0.2, -0.15) is 10.1 Å². The van der Waals surface area contributed by atoms with E-state index in [-0.39, 0.29) is 16.5 Å². The second-order valence-corrected chi connectivity index (χ2v) is 8.02. The number of carboxylic acid groups (broad SMARTS) is 1. The van der Waals surface area contributed by atoms with Crippen LogP contribution in [-0.4, -0.2) is 29.8 Å². The minimum Gasteiger partial charge on any atom is -0.495 e. The molecule has 0 spiro atoms. The van der Waals surface area contributed by atoms with Gasteiger partial charge in [0.2, 0.25) is 0 Å². The molecule has 0 saturated heterocycles. The third kappa shape index (κ3) is 3.85. The van der Waals surface area contributed by atoms with Crippen molar-refractivity contribution in [3.63, 3.8) is 0 Å². The van der Waals surface area contributed by atoms with Crippen LogP contribution in [0.2, 0.25) is 5.02 Å². The van der Waals surface area contributed by atoms with Gasteiger partial charge in [0.1, 0.15) is 5.75 Å². The van der Waals surface area contributed by atoms with Gasteiger partial charge in [0.25, 0.3) is 5.91 Å². The lowest BCUT2D eigenvalue weighted by Gasteiger charge is -2.13. The van der Waals surface area contributed by atoms with Gasteiger partial charge in [0.05, 0.1) is 39.1 Å². The van der Waals surface area contributed by atoms with Crippen LogP contribution in [0.4, 0.5) is 5.69 Å². The quantitative estimate of drug-likeness (QED) is 0.541. The first-order chi connectivity index (χ1) is 13.2. The Kier molecular flexibility index (Phi) is 5.92. The Balaban J connectivity index is 2.04. The van der Waals surface area contributed by atoms with Crippen LogP contribution < -0.4 is 9.75 Å². The van der Waals surface area contributed by atoms with Gasteiger partial charge in [-0.05, 0) is 59.3 Å². The molecule has 0 unspecified atom stereocenters. The predicted molar refractivity (Wildman–Crippen MR) is 115 cm³/mol. The highest BCUT2D eigenvalue weighted by atomic mass is 79.9. The number of ether oxygens (including phenoxy) is 1. The molecule has 2 aromatic carbocycles. The van der Waals surface area contributed by atoms with Gasteiger partial charge in [-0.15, -0.1) is 0 Å². The number of carbonyl (C=O) groups excluding carboxylic acids is 1. The van der Waals surface area contributed by atoms with Gasteiger partial charge in [0.15, 0.2) is 0 Å². The molecule has 0 saturated carbocycles. The molecule has 6 nitrogen and oxygen atoms in total. The van der Waals surface area contributed by atoms with E-state index in [4.69, 9.17) is 16.3 Å². The number of carboxylic acids is 1. The summed E-state index contributed by atoms with van der Waals surface area (Å²) in [5.41, 5.74) is 1.77. The van der Waals surface area contributed by atoms with E-state index in [0.717, 1.165) is 14.0 Å². The minimum absolute atomic E-state index is 0.0862. The van der Waals surface area contributed by atoms with Gasteiger partial charge < -0.3 is 9.84 Å². The second kappa shape index (κ2) is 8.06. The van der Waals surface area contributed by atoms with E-state index in [1.807, 2.05) is 12.1 Å². The average molecular weight is 529 g/mol. The maximum absolute atomic E-state index is 13.0. The number of hydrogen-bond acceptors (Lipinski definition) is 4. The van der Waals surface area contributed by atoms with Crippen LogP contribution in [0, 0.1) is 0 Å². The van der Waals surface area contributed by atoms with E-state index < -0.39 is 5.97 Å². The lowest BCUT2D eigenvalue weighted by atomic mass is 10.1. The summed E-state index contributed by atoms with van der Waals surface area (Å²) in [6.07, 6.45) is 1.68. The average Bonchev–Trinajstić information content (AvgIpc) is 2.90. The molecule has 1 aliphatic rings. The Bertz CT molecular complexity index is 1070.